The summed E-state index contributed by atoms with van der Waals surface area (Å²) in [6.45, 7) is 1.96. The molecular weight excluding hydrogens is 314 g/mol. The molecule has 6 heteroatoms. The Morgan fingerprint density at radius 2 is 2.26 bits per heavy atom. The Morgan fingerprint density at radius 3 is 2.79 bits per heavy atom. The van der Waals surface area contributed by atoms with Gasteiger partial charge in [-0.15, -0.1) is 0 Å². The van der Waals surface area contributed by atoms with Crippen molar-refractivity contribution in [2.45, 2.75) is 36.8 Å². The number of halogens is 1. The molecular formula is C13H16BrNO4. The van der Waals surface area contributed by atoms with Gasteiger partial charge in [-0.3, -0.25) is 10.1 Å². The largest absolute Gasteiger partial charge is 0.481 e. The van der Waals surface area contributed by atoms with E-state index in [1.807, 2.05) is 13.0 Å². The Kier molecular flexibility index (Phi) is 4.42. The van der Waals surface area contributed by atoms with Crippen LogP contribution >= 0.6 is 15.9 Å². The van der Waals surface area contributed by atoms with E-state index in [9.17, 15) is 10.1 Å². The highest BCUT2D eigenvalue weighted by Gasteiger charge is 2.42. The Labute approximate surface area is 120 Å². The number of hydrogen-bond acceptors (Lipinski definition) is 4. The standard InChI is InChI=1S/C13H16BrNO4/c1-3-8-4-5-11(10(6-8)15(16)17)19-12-7-9(14)13(12)18-2/h4-6,9,12-13H,3,7H2,1-2H3. The van der Waals surface area contributed by atoms with Gasteiger partial charge in [0.05, 0.1) is 4.92 Å². The first-order valence-electron chi connectivity index (χ1n) is 6.17. The molecule has 0 amide bonds. The van der Waals surface area contributed by atoms with Crippen LogP contribution in [0.25, 0.3) is 0 Å². The van der Waals surface area contributed by atoms with Crippen LogP contribution < -0.4 is 4.74 Å². The van der Waals surface area contributed by atoms with Crippen molar-refractivity contribution in [1.82, 2.24) is 0 Å². The Morgan fingerprint density at radius 1 is 1.53 bits per heavy atom. The lowest BCUT2D eigenvalue weighted by molar-refractivity contribution is -0.386. The summed E-state index contributed by atoms with van der Waals surface area (Å²) in [5.74, 6) is 0.314. The highest BCUT2D eigenvalue weighted by atomic mass is 79.9. The van der Waals surface area contributed by atoms with Crippen LogP contribution in [0.4, 0.5) is 5.69 Å². The van der Waals surface area contributed by atoms with Gasteiger partial charge in [0, 0.05) is 24.4 Å². The number of aryl methyl sites for hydroxylation is 1. The van der Waals surface area contributed by atoms with Gasteiger partial charge in [-0.2, -0.15) is 0 Å². The fraction of sp³-hybridized carbons (Fsp3) is 0.538. The number of nitrogens with zero attached hydrogens (tertiary/aromatic N) is 1. The monoisotopic (exact) mass is 329 g/mol. The molecule has 3 unspecified atom stereocenters. The van der Waals surface area contributed by atoms with Crippen molar-refractivity contribution in [1.29, 1.82) is 0 Å². The summed E-state index contributed by atoms with van der Waals surface area (Å²) in [6.07, 6.45) is 1.34. The van der Waals surface area contributed by atoms with Gasteiger partial charge in [0.15, 0.2) is 5.75 Å². The molecule has 1 aliphatic rings. The topological polar surface area (TPSA) is 61.6 Å². The third-order valence-electron chi connectivity index (χ3n) is 3.36. The summed E-state index contributed by atoms with van der Waals surface area (Å²) in [5, 5.41) is 11.1. The van der Waals surface area contributed by atoms with Gasteiger partial charge in [0.2, 0.25) is 0 Å². The molecule has 0 bridgehead atoms. The molecule has 19 heavy (non-hydrogen) atoms. The van der Waals surface area contributed by atoms with Crippen molar-refractivity contribution < 1.29 is 14.4 Å². The maximum absolute atomic E-state index is 11.1. The Bertz CT molecular complexity index is 480. The molecule has 1 fully saturated rings. The molecule has 2 rings (SSSR count). The maximum Gasteiger partial charge on any atom is 0.311 e. The van der Waals surface area contributed by atoms with E-state index >= 15 is 0 Å². The number of nitro groups is 1. The number of rotatable bonds is 5. The van der Waals surface area contributed by atoms with Gasteiger partial charge >= 0.3 is 5.69 Å². The van der Waals surface area contributed by atoms with Crippen LogP contribution in [0.5, 0.6) is 5.75 Å². The summed E-state index contributed by atoms with van der Waals surface area (Å²) in [7, 11) is 1.61. The number of ether oxygens (including phenoxy) is 2. The SMILES string of the molecule is CCc1ccc(OC2CC(Br)C2OC)c([N+](=O)[O-])c1. The zero-order valence-electron chi connectivity index (χ0n) is 10.8. The molecule has 0 N–H and O–H groups in total. The lowest BCUT2D eigenvalue weighted by atomic mass is 9.91. The minimum absolute atomic E-state index is 0.0206. The number of hydrogen-bond donors (Lipinski definition) is 0. The lowest BCUT2D eigenvalue weighted by Gasteiger charge is -2.39. The zero-order valence-corrected chi connectivity index (χ0v) is 12.4. The third-order valence-corrected chi connectivity index (χ3v) is 4.25. The van der Waals surface area contributed by atoms with Crippen molar-refractivity contribution in [2.24, 2.45) is 0 Å². The van der Waals surface area contributed by atoms with Crippen LogP contribution in [0.1, 0.15) is 18.9 Å². The van der Waals surface area contributed by atoms with Crippen molar-refractivity contribution >= 4 is 21.6 Å². The molecule has 0 heterocycles. The normalized spacial score (nSPS) is 25.7. The van der Waals surface area contributed by atoms with Gasteiger partial charge < -0.3 is 9.47 Å². The van der Waals surface area contributed by atoms with E-state index in [0.717, 1.165) is 18.4 Å². The van der Waals surface area contributed by atoms with Gasteiger partial charge in [0.25, 0.3) is 0 Å². The molecule has 0 saturated heterocycles. The maximum atomic E-state index is 11.1. The molecule has 0 spiro atoms. The van der Waals surface area contributed by atoms with E-state index in [-0.39, 0.29) is 22.7 Å². The molecule has 0 radical (unpaired) electrons. The zero-order chi connectivity index (χ0) is 14.0. The van der Waals surface area contributed by atoms with Gasteiger partial charge in [0.1, 0.15) is 12.2 Å². The van der Waals surface area contributed by atoms with Crippen molar-refractivity contribution in [3.05, 3.63) is 33.9 Å². The molecule has 1 saturated carbocycles. The van der Waals surface area contributed by atoms with E-state index < -0.39 is 4.92 Å². The van der Waals surface area contributed by atoms with Gasteiger partial charge in [-0.25, -0.2) is 0 Å². The highest BCUT2D eigenvalue weighted by Crippen LogP contribution is 2.37. The Balaban J connectivity index is 2.18. The number of methoxy groups -OCH3 is 1. The van der Waals surface area contributed by atoms with E-state index in [2.05, 4.69) is 15.9 Å². The van der Waals surface area contributed by atoms with Crippen LogP contribution in [0, 0.1) is 10.1 Å². The van der Waals surface area contributed by atoms with Crippen LogP contribution in [0.15, 0.2) is 18.2 Å². The first kappa shape index (κ1) is 14.3. The molecule has 0 aromatic heterocycles. The molecule has 104 valence electrons. The quantitative estimate of drug-likeness (QED) is 0.473. The summed E-state index contributed by atoms with van der Waals surface area (Å²) >= 11 is 3.47. The van der Waals surface area contributed by atoms with E-state index in [1.54, 1.807) is 19.2 Å². The number of nitro benzene ring substituents is 1. The first-order valence-corrected chi connectivity index (χ1v) is 7.09. The summed E-state index contributed by atoms with van der Waals surface area (Å²) < 4.78 is 11.0. The van der Waals surface area contributed by atoms with Crippen LogP contribution in [-0.2, 0) is 11.2 Å². The molecule has 1 aromatic rings. The molecule has 5 nitrogen and oxygen atoms in total. The highest BCUT2D eigenvalue weighted by molar-refractivity contribution is 9.09. The predicted octanol–water partition coefficient (Wildman–Crippen LogP) is 3.09. The first-order chi connectivity index (χ1) is 9.06. The fourth-order valence-corrected chi connectivity index (χ4v) is 3.05. The molecule has 0 aliphatic heterocycles. The second-order valence-corrected chi connectivity index (χ2v) is 5.70. The molecule has 3 atom stereocenters. The Hall–Kier alpha value is -1.14. The minimum Gasteiger partial charge on any atom is -0.481 e. The average molecular weight is 330 g/mol. The van der Waals surface area contributed by atoms with E-state index in [4.69, 9.17) is 9.47 Å². The molecule has 1 aromatic carbocycles. The predicted molar refractivity (Wildman–Crippen MR) is 75.0 cm³/mol. The summed E-state index contributed by atoms with van der Waals surface area (Å²) in [5.41, 5.74) is 0.946. The smallest absolute Gasteiger partial charge is 0.311 e. The second-order valence-electron chi connectivity index (χ2n) is 4.52. The van der Waals surface area contributed by atoms with Crippen molar-refractivity contribution in [3.63, 3.8) is 0 Å². The molecule has 1 aliphatic carbocycles. The van der Waals surface area contributed by atoms with Gasteiger partial charge in [-0.05, 0) is 18.1 Å². The third kappa shape index (κ3) is 2.90. The summed E-state index contributed by atoms with van der Waals surface area (Å²) in [4.78, 5) is 10.9. The fourth-order valence-electron chi connectivity index (χ4n) is 2.13. The van der Waals surface area contributed by atoms with E-state index in [0.29, 0.717) is 5.75 Å². The van der Waals surface area contributed by atoms with Crippen LogP contribution in [0.2, 0.25) is 0 Å². The minimum atomic E-state index is -0.402. The average Bonchev–Trinajstić information content (AvgIpc) is 2.38. The van der Waals surface area contributed by atoms with Crippen LogP contribution in [-0.4, -0.2) is 29.1 Å². The number of alkyl halides is 1. The van der Waals surface area contributed by atoms with Gasteiger partial charge in [-0.1, -0.05) is 28.9 Å². The van der Waals surface area contributed by atoms with Crippen LogP contribution in [0.3, 0.4) is 0 Å². The lowest BCUT2D eigenvalue weighted by Crippen LogP contribution is -2.51. The number of benzene rings is 1. The van der Waals surface area contributed by atoms with Crippen molar-refractivity contribution in [3.8, 4) is 5.75 Å². The summed E-state index contributed by atoms with van der Waals surface area (Å²) in [6, 6.07) is 5.10. The van der Waals surface area contributed by atoms with Crippen molar-refractivity contribution in [2.75, 3.05) is 7.11 Å². The van der Waals surface area contributed by atoms with E-state index in [1.165, 1.54) is 0 Å². The second kappa shape index (κ2) is 5.88.